The highest BCUT2D eigenvalue weighted by Crippen LogP contribution is 2.34. The fourth-order valence-corrected chi connectivity index (χ4v) is 3.18. The number of hydrogen-bond acceptors (Lipinski definition) is 3. The zero-order chi connectivity index (χ0) is 14.1. The van der Waals surface area contributed by atoms with E-state index in [4.69, 9.17) is 11.6 Å². The Morgan fingerprint density at radius 3 is 2.65 bits per heavy atom. The minimum absolute atomic E-state index is 0.0993. The first-order chi connectivity index (χ1) is 9.68. The zero-order valence-electron chi connectivity index (χ0n) is 10.7. The van der Waals surface area contributed by atoms with Crippen LogP contribution in [0.25, 0.3) is 10.1 Å². The van der Waals surface area contributed by atoms with Crippen LogP contribution in [0.2, 0.25) is 5.02 Å². The van der Waals surface area contributed by atoms with Crippen molar-refractivity contribution < 1.29 is 4.79 Å². The number of nitrogens with zero attached hydrogens (tertiary/aromatic N) is 2. The molecule has 0 aliphatic rings. The molecule has 0 spiro atoms. The van der Waals surface area contributed by atoms with Gasteiger partial charge in [-0.3, -0.25) is 9.69 Å². The summed E-state index contributed by atoms with van der Waals surface area (Å²) in [5, 5.41) is 1.44. The van der Waals surface area contributed by atoms with Crippen LogP contribution in [0.3, 0.4) is 0 Å². The topological polar surface area (TPSA) is 33.2 Å². The minimum Gasteiger partial charge on any atom is -0.294 e. The van der Waals surface area contributed by atoms with Gasteiger partial charge in [0.2, 0.25) is 0 Å². The Morgan fingerprint density at radius 1 is 1.15 bits per heavy atom. The molecule has 3 aromatic rings. The number of anilines is 1. The fourth-order valence-electron chi connectivity index (χ4n) is 2.03. The average molecular weight is 303 g/mol. The molecule has 1 aromatic heterocycles. The summed E-state index contributed by atoms with van der Waals surface area (Å²) in [6.45, 7) is 0. The molecule has 0 fully saturated rings. The quantitative estimate of drug-likeness (QED) is 0.710. The van der Waals surface area contributed by atoms with Gasteiger partial charge in [0.05, 0.1) is 15.1 Å². The summed E-state index contributed by atoms with van der Waals surface area (Å²) in [6, 6.07) is 14.8. The van der Waals surface area contributed by atoms with Gasteiger partial charge in [-0.2, -0.15) is 4.37 Å². The molecule has 100 valence electrons. The van der Waals surface area contributed by atoms with Gasteiger partial charge < -0.3 is 0 Å². The third-order valence-electron chi connectivity index (χ3n) is 3.07. The molecular weight excluding hydrogens is 292 g/mol. The third kappa shape index (κ3) is 2.17. The summed E-state index contributed by atoms with van der Waals surface area (Å²) in [7, 11) is 1.72. The molecule has 2 aromatic carbocycles. The van der Waals surface area contributed by atoms with Crippen molar-refractivity contribution in [2.45, 2.75) is 0 Å². The highest BCUT2D eigenvalue weighted by atomic mass is 35.5. The lowest BCUT2D eigenvalue weighted by Crippen LogP contribution is -2.26. The summed E-state index contributed by atoms with van der Waals surface area (Å²) in [4.78, 5) is 14.0. The first kappa shape index (κ1) is 13.1. The predicted octanol–water partition coefficient (Wildman–Crippen LogP) is 4.23. The molecule has 0 atom stereocenters. The lowest BCUT2D eigenvalue weighted by Gasteiger charge is -2.15. The summed E-state index contributed by atoms with van der Waals surface area (Å²) in [5.41, 5.74) is 0.628. The van der Waals surface area contributed by atoms with Gasteiger partial charge in [0.1, 0.15) is 0 Å². The van der Waals surface area contributed by atoms with Crippen LogP contribution in [-0.4, -0.2) is 17.3 Å². The monoisotopic (exact) mass is 302 g/mol. The second-order valence-corrected chi connectivity index (χ2v) is 5.56. The lowest BCUT2D eigenvalue weighted by atomic mass is 10.2. The molecule has 1 heterocycles. The molecule has 0 bridgehead atoms. The standard InChI is InChI=1S/C15H11ClN2OS/c1-18(15(19)10-6-3-2-4-7-10)14-13-11(16)8-5-9-12(13)20-17-14/h2-9H,1H3. The molecule has 0 aliphatic carbocycles. The van der Waals surface area contributed by atoms with Crippen LogP contribution >= 0.6 is 23.1 Å². The highest BCUT2D eigenvalue weighted by Gasteiger charge is 2.19. The maximum absolute atomic E-state index is 12.4. The van der Waals surface area contributed by atoms with E-state index in [1.807, 2.05) is 36.4 Å². The maximum Gasteiger partial charge on any atom is 0.259 e. The zero-order valence-corrected chi connectivity index (χ0v) is 12.3. The summed E-state index contributed by atoms with van der Waals surface area (Å²) in [6.07, 6.45) is 0. The van der Waals surface area contributed by atoms with Gasteiger partial charge in [-0.25, -0.2) is 0 Å². The van der Waals surface area contributed by atoms with E-state index in [9.17, 15) is 4.79 Å². The SMILES string of the molecule is CN(C(=O)c1ccccc1)c1nsc2cccc(Cl)c12. The van der Waals surface area contributed by atoms with Gasteiger partial charge in [-0.15, -0.1) is 0 Å². The van der Waals surface area contributed by atoms with Crippen molar-refractivity contribution in [3.05, 3.63) is 59.1 Å². The molecule has 0 N–H and O–H groups in total. The van der Waals surface area contributed by atoms with Crippen molar-refractivity contribution >= 4 is 44.9 Å². The van der Waals surface area contributed by atoms with E-state index in [0.29, 0.717) is 16.4 Å². The molecule has 0 unspecified atom stereocenters. The molecule has 20 heavy (non-hydrogen) atoms. The van der Waals surface area contributed by atoms with Crippen molar-refractivity contribution in [2.75, 3.05) is 11.9 Å². The van der Waals surface area contributed by atoms with E-state index in [2.05, 4.69) is 4.37 Å². The number of amides is 1. The minimum atomic E-state index is -0.0993. The normalized spacial score (nSPS) is 10.7. The fraction of sp³-hybridized carbons (Fsp3) is 0.0667. The Kier molecular flexibility index (Phi) is 3.42. The van der Waals surface area contributed by atoms with Crippen molar-refractivity contribution in [3.8, 4) is 0 Å². The van der Waals surface area contributed by atoms with Gasteiger partial charge in [0, 0.05) is 12.6 Å². The van der Waals surface area contributed by atoms with Gasteiger partial charge in [-0.05, 0) is 35.8 Å². The van der Waals surface area contributed by atoms with E-state index in [0.717, 1.165) is 10.1 Å². The number of carbonyl (C=O) groups is 1. The van der Waals surface area contributed by atoms with E-state index in [-0.39, 0.29) is 5.91 Å². The first-order valence-electron chi connectivity index (χ1n) is 6.05. The molecule has 0 aliphatic heterocycles. The number of benzene rings is 2. The van der Waals surface area contributed by atoms with Crippen molar-refractivity contribution in [1.29, 1.82) is 0 Å². The largest absolute Gasteiger partial charge is 0.294 e. The van der Waals surface area contributed by atoms with E-state index < -0.39 is 0 Å². The van der Waals surface area contributed by atoms with Crippen molar-refractivity contribution in [2.24, 2.45) is 0 Å². The molecular formula is C15H11ClN2OS. The molecule has 0 radical (unpaired) electrons. The molecule has 0 saturated carbocycles. The lowest BCUT2D eigenvalue weighted by molar-refractivity contribution is 0.0992. The molecule has 0 saturated heterocycles. The second-order valence-electron chi connectivity index (χ2n) is 4.35. The van der Waals surface area contributed by atoms with Gasteiger partial charge >= 0.3 is 0 Å². The molecule has 3 rings (SSSR count). The summed E-state index contributed by atoms with van der Waals surface area (Å²) >= 11 is 7.57. The predicted molar refractivity (Wildman–Crippen MR) is 83.8 cm³/mol. The Bertz CT molecular complexity index is 770. The summed E-state index contributed by atoms with van der Waals surface area (Å²) < 4.78 is 5.34. The Labute approximate surface area is 125 Å². The number of aromatic nitrogens is 1. The second kappa shape index (κ2) is 5.23. The third-order valence-corrected chi connectivity index (χ3v) is 4.19. The van der Waals surface area contributed by atoms with Gasteiger partial charge in [0.15, 0.2) is 5.82 Å². The highest BCUT2D eigenvalue weighted by molar-refractivity contribution is 7.13. The van der Waals surface area contributed by atoms with Gasteiger partial charge in [-0.1, -0.05) is 35.9 Å². The van der Waals surface area contributed by atoms with Crippen LogP contribution < -0.4 is 4.90 Å². The van der Waals surface area contributed by atoms with Crippen LogP contribution in [0.1, 0.15) is 10.4 Å². The maximum atomic E-state index is 12.4. The number of halogens is 1. The van der Waals surface area contributed by atoms with E-state index in [1.165, 1.54) is 11.5 Å². The first-order valence-corrected chi connectivity index (χ1v) is 7.20. The average Bonchev–Trinajstić information content (AvgIpc) is 2.92. The van der Waals surface area contributed by atoms with Crippen LogP contribution in [0.4, 0.5) is 5.82 Å². The Balaban J connectivity index is 2.05. The van der Waals surface area contributed by atoms with E-state index in [1.54, 1.807) is 24.1 Å². The van der Waals surface area contributed by atoms with Crippen molar-refractivity contribution in [1.82, 2.24) is 4.37 Å². The van der Waals surface area contributed by atoms with Crippen LogP contribution in [-0.2, 0) is 0 Å². The Hall–Kier alpha value is -1.91. The number of carbonyl (C=O) groups excluding carboxylic acids is 1. The Morgan fingerprint density at radius 2 is 1.90 bits per heavy atom. The van der Waals surface area contributed by atoms with Crippen molar-refractivity contribution in [3.63, 3.8) is 0 Å². The summed E-state index contributed by atoms with van der Waals surface area (Å²) in [5.74, 6) is 0.502. The smallest absolute Gasteiger partial charge is 0.259 e. The molecule has 3 nitrogen and oxygen atoms in total. The van der Waals surface area contributed by atoms with Crippen LogP contribution in [0.15, 0.2) is 48.5 Å². The number of rotatable bonds is 2. The number of fused-ring (bicyclic) bond motifs is 1. The van der Waals surface area contributed by atoms with E-state index >= 15 is 0 Å². The van der Waals surface area contributed by atoms with Crippen LogP contribution in [0.5, 0.6) is 0 Å². The number of hydrogen-bond donors (Lipinski definition) is 0. The molecule has 1 amide bonds. The van der Waals surface area contributed by atoms with Gasteiger partial charge in [0.25, 0.3) is 5.91 Å². The van der Waals surface area contributed by atoms with Crippen LogP contribution in [0, 0.1) is 0 Å². The molecule has 5 heteroatoms.